The van der Waals surface area contributed by atoms with Crippen molar-refractivity contribution in [2.45, 2.75) is 18.9 Å². The molecule has 3 aromatic rings. The summed E-state index contributed by atoms with van der Waals surface area (Å²) in [5.74, 6) is 0.687. The lowest BCUT2D eigenvalue weighted by atomic mass is 9.97. The summed E-state index contributed by atoms with van der Waals surface area (Å²) < 4.78 is 24.4. The molecule has 1 aromatic carbocycles. The quantitative estimate of drug-likeness (QED) is 0.785. The van der Waals surface area contributed by atoms with E-state index in [1.54, 1.807) is 24.4 Å². The van der Waals surface area contributed by atoms with Crippen molar-refractivity contribution in [3.05, 3.63) is 66.0 Å². The van der Waals surface area contributed by atoms with Gasteiger partial charge in [0.2, 0.25) is 5.88 Å². The number of aliphatic hydroxyl groups is 1. The minimum Gasteiger partial charge on any atom is -0.469 e. The number of pyridine rings is 1. The monoisotopic (exact) mass is 311 g/mol. The molecule has 0 amide bonds. The van der Waals surface area contributed by atoms with Crippen LogP contribution < -0.4 is 4.74 Å². The van der Waals surface area contributed by atoms with Crippen LogP contribution in [0, 0.1) is 5.82 Å². The number of halogens is 1. The van der Waals surface area contributed by atoms with Crippen molar-refractivity contribution in [2.75, 3.05) is 0 Å². The van der Waals surface area contributed by atoms with Crippen LogP contribution in [0.5, 0.6) is 11.6 Å². The van der Waals surface area contributed by atoms with E-state index in [1.165, 1.54) is 18.6 Å². The molecule has 1 N–H and O–H groups in total. The van der Waals surface area contributed by atoms with Gasteiger partial charge in [0.1, 0.15) is 12.1 Å². The number of ether oxygens (including phenoxy) is 1. The highest BCUT2D eigenvalue weighted by atomic mass is 19.1. The summed E-state index contributed by atoms with van der Waals surface area (Å²) in [6, 6.07) is 8.46. The number of aromatic nitrogens is 1. The number of benzene rings is 1. The summed E-state index contributed by atoms with van der Waals surface area (Å²) >= 11 is 0. The van der Waals surface area contributed by atoms with Crippen LogP contribution in [0.3, 0.4) is 0 Å². The Morgan fingerprint density at radius 3 is 2.87 bits per heavy atom. The molecule has 0 radical (unpaired) electrons. The minimum absolute atomic E-state index is 0.346. The van der Waals surface area contributed by atoms with Crippen LogP contribution in [-0.4, -0.2) is 10.1 Å². The van der Waals surface area contributed by atoms with Crippen molar-refractivity contribution in [2.24, 2.45) is 0 Å². The molecule has 4 nitrogen and oxygen atoms in total. The number of fused-ring (bicyclic) bond motifs is 1. The largest absolute Gasteiger partial charge is 0.469 e. The Bertz CT molecular complexity index is 828. The molecular weight excluding hydrogens is 297 g/mol. The molecule has 5 heteroatoms. The molecule has 0 unspecified atom stereocenters. The highest BCUT2D eigenvalue weighted by Gasteiger charge is 2.26. The SMILES string of the molecule is O[C@H]1CCc2c(-c3ccc(Oc4ccoc4)nc3)ccc(F)c21. The summed E-state index contributed by atoms with van der Waals surface area (Å²) in [5.41, 5.74) is 3.05. The lowest BCUT2D eigenvalue weighted by Crippen LogP contribution is -1.97. The Labute approximate surface area is 132 Å². The summed E-state index contributed by atoms with van der Waals surface area (Å²) in [5, 5.41) is 9.94. The number of nitrogens with zero attached hydrogens (tertiary/aromatic N) is 1. The Morgan fingerprint density at radius 2 is 2.13 bits per heavy atom. The van der Waals surface area contributed by atoms with E-state index in [1.807, 2.05) is 6.07 Å². The van der Waals surface area contributed by atoms with Crippen molar-refractivity contribution in [1.29, 1.82) is 0 Å². The van der Waals surface area contributed by atoms with Gasteiger partial charge in [-0.3, -0.25) is 0 Å². The van der Waals surface area contributed by atoms with E-state index in [2.05, 4.69) is 4.98 Å². The van der Waals surface area contributed by atoms with Crippen LogP contribution in [0.4, 0.5) is 4.39 Å². The van der Waals surface area contributed by atoms with Crippen molar-refractivity contribution >= 4 is 0 Å². The fraction of sp³-hybridized carbons (Fsp3) is 0.167. The Morgan fingerprint density at radius 1 is 1.22 bits per heavy atom. The zero-order valence-electron chi connectivity index (χ0n) is 12.2. The molecule has 1 aliphatic rings. The number of hydrogen-bond acceptors (Lipinski definition) is 4. The number of rotatable bonds is 3. The molecule has 1 aliphatic carbocycles. The zero-order valence-corrected chi connectivity index (χ0v) is 12.2. The lowest BCUT2D eigenvalue weighted by Gasteiger charge is -2.11. The van der Waals surface area contributed by atoms with Gasteiger partial charge in [-0.05, 0) is 36.1 Å². The van der Waals surface area contributed by atoms with Crippen LogP contribution >= 0.6 is 0 Å². The molecule has 0 saturated carbocycles. The van der Waals surface area contributed by atoms with Gasteiger partial charge in [-0.15, -0.1) is 0 Å². The second kappa shape index (κ2) is 5.52. The van der Waals surface area contributed by atoms with Gasteiger partial charge >= 0.3 is 0 Å². The molecule has 0 fully saturated rings. The van der Waals surface area contributed by atoms with Crippen LogP contribution in [0.15, 0.2) is 53.5 Å². The van der Waals surface area contributed by atoms with E-state index in [0.717, 1.165) is 16.7 Å². The normalized spacial score (nSPS) is 16.3. The molecule has 116 valence electrons. The molecule has 2 heterocycles. The van der Waals surface area contributed by atoms with Crippen molar-refractivity contribution in [3.63, 3.8) is 0 Å². The Kier molecular flexibility index (Phi) is 3.35. The molecule has 0 saturated heterocycles. The Hall–Kier alpha value is -2.66. The summed E-state index contributed by atoms with van der Waals surface area (Å²) in [6.07, 6.45) is 5.20. The van der Waals surface area contributed by atoms with Gasteiger partial charge in [-0.1, -0.05) is 6.07 Å². The van der Waals surface area contributed by atoms with E-state index in [4.69, 9.17) is 9.15 Å². The van der Waals surface area contributed by atoms with E-state index in [-0.39, 0.29) is 5.82 Å². The second-order valence-corrected chi connectivity index (χ2v) is 5.49. The average Bonchev–Trinajstić information content (AvgIpc) is 3.19. The first-order valence-electron chi connectivity index (χ1n) is 7.38. The van der Waals surface area contributed by atoms with Gasteiger partial charge in [-0.2, -0.15) is 0 Å². The van der Waals surface area contributed by atoms with Gasteiger partial charge in [0.25, 0.3) is 0 Å². The third-order valence-corrected chi connectivity index (χ3v) is 4.07. The average molecular weight is 311 g/mol. The molecular formula is C18H14FNO3. The first kappa shape index (κ1) is 14.0. The van der Waals surface area contributed by atoms with Crippen molar-refractivity contribution in [3.8, 4) is 22.8 Å². The highest BCUT2D eigenvalue weighted by molar-refractivity contribution is 5.69. The maximum atomic E-state index is 13.9. The van der Waals surface area contributed by atoms with Crippen LogP contribution in [0.2, 0.25) is 0 Å². The third kappa shape index (κ3) is 2.49. The summed E-state index contributed by atoms with van der Waals surface area (Å²) in [6.45, 7) is 0. The second-order valence-electron chi connectivity index (χ2n) is 5.49. The van der Waals surface area contributed by atoms with E-state index in [9.17, 15) is 9.50 Å². The van der Waals surface area contributed by atoms with Crippen molar-refractivity contribution < 1.29 is 18.7 Å². The first-order chi connectivity index (χ1) is 11.2. The van der Waals surface area contributed by atoms with E-state index >= 15 is 0 Å². The Balaban J connectivity index is 1.67. The number of aliphatic hydroxyl groups excluding tert-OH is 1. The standard InChI is InChI=1S/C18H14FNO3/c19-15-4-2-13(14-3-5-16(21)18(14)15)11-1-6-17(20-9-11)23-12-7-8-22-10-12/h1-2,4,6-10,16,21H,3,5H2/t16-/m0/s1. The maximum Gasteiger partial charge on any atom is 0.219 e. The van der Waals surface area contributed by atoms with Crippen molar-refractivity contribution in [1.82, 2.24) is 4.98 Å². The summed E-state index contributed by atoms with van der Waals surface area (Å²) in [7, 11) is 0. The van der Waals surface area contributed by atoms with Gasteiger partial charge in [0, 0.05) is 29.5 Å². The third-order valence-electron chi connectivity index (χ3n) is 4.07. The maximum absolute atomic E-state index is 13.9. The molecule has 23 heavy (non-hydrogen) atoms. The van der Waals surface area contributed by atoms with E-state index < -0.39 is 6.10 Å². The zero-order chi connectivity index (χ0) is 15.8. The summed E-state index contributed by atoms with van der Waals surface area (Å²) in [4.78, 5) is 4.28. The number of hydrogen-bond donors (Lipinski definition) is 1. The molecule has 0 aliphatic heterocycles. The molecule has 0 spiro atoms. The minimum atomic E-state index is -0.721. The topological polar surface area (TPSA) is 55.5 Å². The fourth-order valence-electron chi connectivity index (χ4n) is 2.99. The molecule has 0 bridgehead atoms. The molecule has 2 aromatic heterocycles. The van der Waals surface area contributed by atoms with Crippen LogP contribution in [-0.2, 0) is 6.42 Å². The van der Waals surface area contributed by atoms with Gasteiger partial charge < -0.3 is 14.3 Å². The van der Waals surface area contributed by atoms with Gasteiger partial charge in [0.05, 0.1) is 12.4 Å². The highest BCUT2D eigenvalue weighted by Crippen LogP contribution is 2.39. The van der Waals surface area contributed by atoms with Gasteiger partial charge in [-0.25, -0.2) is 9.37 Å². The van der Waals surface area contributed by atoms with Crippen LogP contribution in [0.1, 0.15) is 23.7 Å². The fourth-order valence-corrected chi connectivity index (χ4v) is 2.99. The molecule has 4 rings (SSSR count). The first-order valence-corrected chi connectivity index (χ1v) is 7.38. The smallest absolute Gasteiger partial charge is 0.219 e. The lowest BCUT2D eigenvalue weighted by molar-refractivity contribution is 0.176. The predicted octanol–water partition coefficient (Wildman–Crippen LogP) is 4.25. The van der Waals surface area contributed by atoms with Gasteiger partial charge in [0.15, 0.2) is 5.75 Å². The van der Waals surface area contributed by atoms with E-state index in [0.29, 0.717) is 30.0 Å². The predicted molar refractivity (Wildman–Crippen MR) is 81.7 cm³/mol. The number of furan rings is 1. The van der Waals surface area contributed by atoms with Crippen LogP contribution in [0.25, 0.3) is 11.1 Å². The molecule has 1 atom stereocenters.